The Labute approximate surface area is 116 Å². The smallest absolute Gasteiger partial charge is 0.213 e. The van der Waals surface area contributed by atoms with Gasteiger partial charge in [0.15, 0.2) is 5.50 Å². The molecule has 19 heavy (non-hydrogen) atoms. The lowest BCUT2D eigenvalue weighted by molar-refractivity contribution is 0.294. The van der Waals surface area contributed by atoms with Crippen molar-refractivity contribution in [2.45, 2.75) is 18.5 Å². The molecular weight excluding hydrogens is 264 g/mol. The van der Waals surface area contributed by atoms with Crippen molar-refractivity contribution in [2.24, 2.45) is 5.18 Å². The van der Waals surface area contributed by atoms with Gasteiger partial charge >= 0.3 is 0 Å². The van der Waals surface area contributed by atoms with E-state index in [1.807, 2.05) is 42.5 Å². The average molecular weight is 277 g/mol. The molecule has 1 aromatic heterocycles. The van der Waals surface area contributed by atoms with Crippen LogP contribution >= 0.6 is 11.6 Å². The minimum Gasteiger partial charge on any atom is -0.473 e. The molecule has 2 rings (SSSR count). The van der Waals surface area contributed by atoms with Crippen molar-refractivity contribution in [2.75, 3.05) is 0 Å². The average Bonchev–Trinajstić information content (AvgIpc) is 2.47. The minimum absolute atomic E-state index is 0.437. The normalized spacial score (nSPS) is 11.8. The maximum absolute atomic E-state index is 10.2. The fourth-order valence-corrected chi connectivity index (χ4v) is 1.77. The van der Waals surface area contributed by atoms with Crippen molar-refractivity contribution < 1.29 is 4.74 Å². The van der Waals surface area contributed by atoms with E-state index in [2.05, 4.69) is 10.2 Å². The van der Waals surface area contributed by atoms with Crippen molar-refractivity contribution in [1.82, 2.24) is 4.98 Å². The number of aromatic nitrogens is 1. The molecular formula is C14H13ClN2O2. The zero-order chi connectivity index (χ0) is 13.5. The summed E-state index contributed by atoms with van der Waals surface area (Å²) >= 11 is 5.67. The lowest BCUT2D eigenvalue weighted by Crippen LogP contribution is -2.00. The molecule has 4 nitrogen and oxygen atoms in total. The Morgan fingerprint density at radius 1 is 1.16 bits per heavy atom. The summed E-state index contributed by atoms with van der Waals surface area (Å²) in [5.41, 5.74) is 1.29. The van der Waals surface area contributed by atoms with E-state index < -0.39 is 5.50 Å². The number of ether oxygens (including phenoxy) is 1. The number of pyridine rings is 1. The first-order chi connectivity index (χ1) is 9.28. The maximum Gasteiger partial charge on any atom is 0.213 e. The van der Waals surface area contributed by atoms with Gasteiger partial charge in [-0.2, -0.15) is 0 Å². The molecule has 0 N–H and O–H groups in total. The van der Waals surface area contributed by atoms with Crippen LogP contribution in [0.25, 0.3) is 0 Å². The Balaban J connectivity index is 1.90. The SMILES string of the molecule is O=NC(Cl)Cc1ccc(COc2ccccn2)cc1. The fourth-order valence-electron chi connectivity index (χ4n) is 1.59. The number of halogens is 1. The van der Waals surface area contributed by atoms with Crippen LogP contribution in [0.3, 0.4) is 0 Å². The first-order valence-electron chi connectivity index (χ1n) is 5.86. The van der Waals surface area contributed by atoms with Crippen molar-refractivity contribution in [3.8, 4) is 5.88 Å². The van der Waals surface area contributed by atoms with Gasteiger partial charge in [-0.05, 0) is 22.4 Å². The number of benzene rings is 1. The van der Waals surface area contributed by atoms with Crippen LogP contribution in [0, 0.1) is 4.91 Å². The van der Waals surface area contributed by atoms with E-state index in [9.17, 15) is 4.91 Å². The van der Waals surface area contributed by atoms with Gasteiger partial charge in [-0.1, -0.05) is 41.9 Å². The van der Waals surface area contributed by atoms with Crippen LogP contribution in [-0.4, -0.2) is 10.5 Å². The topological polar surface area (TPSA) is 51.5 Å². The zero-order valence-corrected chi connectivity index (χ0v) is 11.0. The Hall–Kier alpha value is -1.94. The highest BCUT2D eigenvalue weighted by molar-refractivity contribution is 6.20. The number of hydrogen-bond acceptors (Lipinski definition) is 4. The summed E-state index contributed by atoms with van der Waals surface area (Å²) in [5, 5.41) is 2.76. The summed E-state index contributed by atoms with van der Waals surface area (Å²) < 4.78 is 5.53. The molecule has 0 aliphatic carbocycles. The third-order valence-electron chi connectivity index (χ3n) is 2.57. The Bertz CT molecular complexity index is 517. The van der Waals surface area contributed by atoms with E-state index in [0.717, 1.165) is 11.1 Å². The van der Waals surface area contributed by atoms with E-state index >= 15 is 0 Å². The highest BCUT2D eigenvalue weighted by atomic mass is 35.5. The number of nitrogens with zero attached hydrogens (tertiary/aromatic N) is 2. The second-order valence-electron chi connectivity index (χ2n) is 4.02. The standard InChI is InChI=1S/C14H13ClN2O2/c15-13(17-18)9-11-4-6-12(7-5-11)10-19-14-3-1-2-8-16-14/h1-8,13H,9-10H2. The summed E-state index contributed by atoms with van der Waals surface area (Å²) in [6.45, 7) is 0.452. The van der Waals surface area contributed by atoms with E-state index in [0.29, 0.717) is 18.9 Å². The molecule has 0 fully saturated rings. The Morgan fingerprint density at radius 2 is 1.89 bits per heavy atom. The number of rotatable bonds is 6. The van der Waals surface area contributed by atoms with E-state index in [-0.39, 0.29) is 0 Å². The first-order valence-corrected chi connectivity index (χ1v) is 6.30. The monoisotopic (exact) mass is 276 g/mol. The molecule has 0 aliphatic heterocycles. The molecule has 1 unspecified atom stereocenters. The van der Waals surface area contributed by atoms with Gasteiger partial charge in [0.05, 0.1) is 0 Å². The second-order valence-corrected chi connectivity index (χ2v) is 4.52. The molecule has 0 spiro atoms. The van der Waals surface area contributed by atoms with E-state index in [1.165, 1.54) is 0 Å². The zero-order valence-electron chi connectivity index (χ0n) is 10.2. The maximum atomic E-state index is 10.2. The Kier molecular flexibility index (Phi) is 4.86. The van der Waals surface area contributed by atoms with Gasteiger partial charge in [-0.15, -0.1) is 4.91 Å². The van der Waals surface area contributed by atoms with Crippen LogP contribution in [-0.2, 0) is 13.0 Å². The molecule has 1 aromatic carbocycles. The Morgan fingerprint density at radius 3 is 2.53 bits per heavy atom. The summed E-state index contributed by atoms with van der Waals surface area (Å²) in [7, 11) is 0. The largest absolute Gasteiger partial charge is 0.473 e. The van der Waals surface area contributed by atoms with Crippen LogP contribution in [0.2, 0.25) is 0 Å². The van der Waals surface area contributed by atoms with Crippen LogP contribution < -0.4 is 4.74 Å². The highest BCUT2D eigenvalue weighted by Crippen LogP contribution is 2.12. The quantitative estimate of drug-likeness (QED) is 0.461. The van der Waals surface area contributed by atoms with Crippen molar-refractivity contribution >= 4 is 11.6 Å². The summed E-state index contributed by atoms with van der Waals surface area (Å²) in [5.74, 6) is 0.595. The van der Waals surface area contributed by atoms with Gasteiger partial charge in [0, 0.05) is 18.7 Å². The fraction of sp³-hybridized carbons (Fsp3) is 0.214. The van der Waals surface area contributed by atoms with E-state index in [4.69, 9.17) is 16.3 Å². The molecule has 98 valence electrons. The van der Waals surface area contributed by atoms with Gasteiger partial charge in [-0.25, -0.2) is 4.98 Å². The summed E-state index contributed by atoms with van der Waals surface area (Å²) in [6, 6.07) is 13.2. The third-order valence-corrected chi connectivity index (χ3v) is 2.80. The molecule has 2 aromatic rings. The summed E-state index contributed by atoms with van der Waals surface area (Å²) in [6.07, 6.45) is 2.12. The van der Waals surface area contributed by atoms with Gasteiger partial charge in [0.1, 0.15) is 6.61 Å². The third kappa shape index (κ3) is 4.34. The molecule has 0 amide bonds. The van der Waals surface area contributed by atoms with Gasteiger partial charge in [0.2, 0.25) is 5.88 Å². The lowest BCUT2D eigenvalue weighted by Gasteiger charge is -2.06. The molecule has 0 bridgehead atoms. The van der Waals surface area contributed by atoms with Gasteiger partial charge in [-0.3, -0.25) is 0 Å². The molecule has 0 saturated heterocycles. The number of nitroso groups, excluding NO2 is 1. The number of hydrogen-bond donors (Lipinski definition) is 0. The number of alkyl halides is 1. The van der Waals surface area contributed by atoms with Gasteiger partial charge in [0.25, 0.3) is 0 Å². The van der Waals surface area contributed by atoms with Crippen molar-refractivity contribution in [3.63, 3.8) is 0 Å². The lowest BCUT2D eigenvalue weighted by atomic mass is 10.1. The van der Waals surface area contributed by atoms with Crippen molar-refractivity contribution in [1.29, 1.82) is 0 Å². The van der Waals surface area contributed by atoms with Gasteiger partial charge < -0.3 is 4.74 Å². The van der Waals surface area contributed by atoms with Crippen LogP contribution in [0.1, 0.15) is 11.1 Å². The molecule has 5 heteroatoms. The molecule has 0 radical (unpaired) electrons. The highest BCUT2D eigenvalue weighted by Gasteiger charge is 2.05. The first kappa shape index (κ1) is 13.5. The predicted octanol–water partition coefficient (Wildman–Crippen LogP) is 3.53. The molecule has 0 saturated carbocycles. The minimum atomic E-state index is -0.712. The van der Waals surface area contributed by atoms with Crippen LogP contribution in [0.5, 0.6) is 5.88 Å². The molecule has 1 heterocycles. The molecule has 0 aliphatic rings. The summed E-state index contributed by atoms with van der Waals surface area (Å²) in [4.78, 5) is 14.3. The second kappa shape index (κ2) is 6.85. The van der Waals surface area contributed by atoms with Crippen molar-refractivity contribution in [3.05, 3.63) is 64.7 Å². The van der Waals surface area contributed by atoms with Crippen LogP contribution in [0.15, 0.2) is 53.8 Å². The predicted molar refractivity (Wildman–Crippen MR) is 74.2 cm³/mol. The van der Waals surface area contributed by atoms with Crippen LogP contribution in [0.4, 0.5) is 0 Å². The van der Waals surface area contributed by atoms with E-state index in [1.54, 1.807) is 6.20 Å². The molecule has 1 atom stereocenters.